The Hall–Kier alpha value is -3.74. The molecule has 0 bridgehead atoms. The molecule has 0 aliphatic heterocycles. The van der Waals surface area contributed by atoms with E-state index in [9.17, 15) is 21.6 Å². The van der Waals surface area contributed by atoms with Gasteiger partial charge in [-0.1, -0.05) is 24.3 Å². The molecule has 9 nitrogen and oxygen atoms in total. The molecular weight excluding hydrogens is 508 g/mol. The smallest absolute Gasteiger partial charge is 0.263 e. The van der Waals surface area contributed by atoms with Crippen LogP contribution in [0.15, 0.2) is 94.2 Å². The average molecular weight is 529 g/mol. The van der Waals surface area contributed by atoms with Gasteiger partial charge in [0.15, 0.2) is 5.13 Å². The number of nitrogens with zero attached hydrogens (tertiary/aromatic N) is 1. The highest BCUT2D eigenvalue weighted by Crippen LogP contribution is 2.23. The molecule has 0 saturated carbocycles. The largest absolute Gasteiger partial charge is 0.322 e. The lowest BCUT2D eigenvalue weighted by atomic mass is 10.1. The van der Waals surface area contributed by atoms with E-state index in [0.29, 0.717) is 11.3 Å². The van der Waals surface area contributed by atoms with Crippen LogP contribution in [0.4, 0.5) is 16.5 Å². The number of carbonyl (C=O) groups excluding carboxylic acids is 1. The van der Waals surface area contributed by atoms with Gasteiger partial charge in [-0.15, -0.1) is 11.3 Å². The molecule has 0 fully saturated rings. The van der Waals surface area contributed by atoms with Gasteiger partial charge in [0.1, 0.15) is 0 Å². The molecule has 0 spiro atoms. The van der Waals surface area contributed by atoms with E-state index in [-0.39, 0.29) is 26.2 Å². The normalized spacial score (nSPS) is 11.6. The summed E-state index contributed by atoms with van der Waals surface area (Å²) in [5.41, 5.74) is 1.51. The molecule has 0 saturated heterocycles. The molecule has 0 aliphatic carbocycles. The molecule has 0 radical (unpaired) electrons. The van der Waals surface area contributed by atoms with Crippen molar-refractivity contribution in [2.24, 2.45) is 0 Å². The number of amides is 1. The van der Waals surface area contributed by atoms with Gasteiger partial charge in [0.2, 0.25) is 0 Å². The van der Waals surface area contributed by atoms with E-state index in [0.717, 1.165) is 11.3 Å². The second-order valence-corrected chi connectivity index (χ2v) is 11.6. The van der Waals surface area contributed by atoms with Crippen LogP contribution in [0, 0.1) is 6.92 Å². The van der Waals surface area contributed by atoms with Crippen molar-refractivity contribution in [1.29, 1.82) is 0 Å². The lowest BCUT2D eigenvalue weighted by Gasteiger charge is -2.13. The number of hydrogen-bond donors (Lipinski definition) is 3. The maximum absolute atomic E-state index is 12.8. The highest BCUT2D eigenvalue weighted by atomic mass is 32.2. The second-order valence-electron chi connectivity index (χ2n) is 7.37. The first-order valence-corrected chi connectivity index (χ1v) is 14.0. The molecule has 0 aliphatic rings. The van der Waals surface area contributed by atoms with Crippen LogP contribution in [-0.2, 0) is 20.0 Å². The van der Waals surface area contributed by atoms with E-state index in [1.165, 1.54) is 48.7 Å². The Balaban J connectivity index is 1.48. The predicted octanol–water partition coefficient (Wildman–Crippen LogP) is 4.31. The van der Waals surface area contributed by atoms with E-state index in [1.807, 2.05) is 0 Å². The summed E-state index contributed by atoms with van der Waals surface area (Å²) in [7, 11) is -7.63. The van der Waals surface area contributed by atoms with Crippen LogP contribution in [0.25, 0.3) is 0 Å². The van der Waals surface area contributed by atoms with Crippen LogP contribution in [0.1, 0.15) is 15.9 Å². The highest BCUT2D eigenvalue weighted by molar-refractivity contribution is 7.93. The first kappa shape index (κ1) is 24.4. The number of benzene rings is 3. The number of aryl methyl sites for hydroxylation is 1. The molecule has 0 atom stereocenters. The summed E-state index contributed by atoms with van der Waals surface area (Å²) < 4.78 is 55.1. The number of nitrogens with one attached hydrogen (secondary N) is 3. The van der Waals surface area contributed by atoms with Gasteiger partial charge in [-0.3, -0.25) is 14.2 Å². The first-order valence-electron chi connectivity index (χ1n) is 10.2. The number of thiazole rings is 1. The van der Waals surface area contributed by atoms with Crippen LogP contribution < -0.4 is 14.8 Å². The van der Waals surface area contributed by atoms with Gasteiger partial charge in [0.25, 0.3) is 26.0 Å². The number of carbonyl (C=O) groups is 1. The van der Waals surface area contributed by atoms with Crippen molar-refractivity contribution >= 4 is 53.8 Å². The van der Waals surface area contributed by atoms with E-state index >= 15 is 0 Å². The van der Waals surface area contributed by atoms with E-state index in [1.54, 1.807) is 42.6 Å². The van der Waals surface area contributed by atoms with E-state index in [2.05, 4.69) is 19.7 Å². The molecule has 3 aromatic carbocycles. The van der Waals surface area contributed by atoms with Crippen LogP contribution >= 0.6 is 11.3 Å². The van der Waals surface area contributed by atoms with Crippen LogP contribution in [0.2, 0.25) is 0 Å². The van der Waals surface area contributed by atoms with Crippen molar-refractivity contribution in [3.05, 3.63) is 95.5 Å². The third kappa shape index (κ3) is 5.85. The number of rotatable bonds is 8. The third-order valence-corrected chi connectivity index (χ3v) is 8.43. The predicted molar refractivity (Wildman–Crippen MR) is 136 cm³/mol. The fourth-order valence-corrected chi connectivity index (χ4v) is 5.98. The summed E-state index contributed by atoms with van der Waals surface area (Å²) in [5.74, 6) is -0.485. The SMILES string of the molecule is Cc1ccc(C(=O)Nc2ccc(S(=O)(=O)Nc3nccs3)cc2)cc1NS(=O)(=O)c1ccccc1. The minimum atomic E-state index is -3.82. The quantitative estimate of drug-likeness (QED) is 0.312. The highest BCUT2D eigenvalue weighted by Gasteiger charge is 2.18. The molecule has 3 N–H and O–H groups in total. The summed E-state index contributed by atoms with van der Waals surface area (Å²) in [6.45, 7) is 1.73. The maximum Gasteiger partial charge on any atom is 0.263 e. The Kier molecular flexibility index (Phi) is 6.87. The summed E-state index contributed by atoms with van der Waals surface area (Å²) in [4.78, 5) is 16.8. The Morgan fingerprint density at radius 1 is 0.829 bits per heavy atom. The molecule has 0 unspecified atom stereocenters. The fourth-order valence-electron chi connectivity index (χ4n) is 3.04. The number of aromatic nitrogens is 1. The minimum Gasteiger partial charge on any atom is -0.322 e. The Morgan fingerprint density at radius 2 is 1.49 bits per heavy atom. The summed E-state index contributed by atoms with van der Waals surface area (Å²) >= 11 is 1.16. The molecule has 4 rings (SSSR count). The van der Waals surface area contributed by atoms with Crippen LogP contribution in [0.3, 0.4) is 0 Å². The van der Waals surface area contributed by atoms with Gasteiger partial charge >= 0.3 is 0 Å². The number of anilines is 3. The van der Waals surface area contributed by atoms with Gasteiger partial charge in [0, 0.05) is 22.8 Å². The van der Waals surface area contributed by atoms with Crippen molar-refractivity contribution in [2.75, 3.05) is 14.8 Å². The average Bonchev–Trinajstić information content (AvgIpc) is 3.33. The van der Waals surface area contributed by atoms with Crippen molar-refractivity contribution in [1.82, 2.24) is 4.98 Å². The van der Waals surface area contributed by atoms with Crippen molar-refractivity contribution in [2.45, 2.75) is 16.7 Å². The zero-order chi connectivity index (χ0) is 25.1. The van der Waals surface area contributed by atoms with Gasteiger partial charge in [0.05, 0.1) is 15.5 Å². The van der Waals surface area contributed by atoms with Gasteiger partial charge < -0.3 is 5.32 Å². The summed E-state index contributed by atoms with van der Waals surface area (Å²) in [5, 5.41) is 4.58. The molecule has 35 heavy (non-hydrogen) atoms. The van der Waals surface area contributed by atoms with Crippen LogP contribution in [0.5, 0.6) is 0 Å². The van der Waals surface area contributed by atoms with E-state index < -0.39 is 26.0 Å². The van der Waals surface area contributed by atoms with Gasteiger partial charge in [-0.25, -0.2) is 21.8 Å². The van der Waals surface area contributed by atoms with Crippen molar-refractivity contribution in [3.8, 4) is 0 Å². The zero-order valence-corrected chi connectivity index (χ0v) is 20.7. The second kappa shape index (κ2) is 9.86. The Bertz CT molecular complexity index is 1550. The minimum absolute atomic E-state index is 0.0126. The molecule has 1 aromatic heterocycles. The maximum atomic E-state index is 12.8. The van der Waals surface area contributed by atoms with Crippen molar-refractivity contribution < 1.29 is 21.6 Å². The standard InChI is InChI=1S/C23H20N4O5S3/c1-16-7-8-17(15-21(16)26-34(29,30)19-5-3-2-4-6-19)22(28)25-18-9-11-20(12-10-18)35(31,32)27-23-24-13-14-33-23/h2-15,26H,1H3,(H,24,27)(H,25,28). The molecule has 12 heteroatoms. The zero-order valence-electron chi connectivity index (χ0n) is 18.3. The summed E-state index contributed by atoms with van der Waals surface area (Å²) in [6.07, 6.45) is 1.49. The van der Waals surface area contributed by atoms with Crippen molar-refractivity contribution in [3.63, 3.8) is 0 Å². The molecule has 4 aromatic rings. The molecule has 1 heterocycles. The lowest BCUT2D eigenvalue weighted by Crippen LogP contribution is -2.16. The Labute approximate surface area is 207 Å². The van der Waals surface area contributed by atoms with Gasteiger partial charge in [-0.05, 0) is 61.0 Å². The summed E-state index contributed by atoms with van der Waals surface area (Å²) in [6, 6.07) is 18.2. The lowest BCUT2D eigenvalue weighted by molar-refractivity contribution is 0.102. The molecule has 180 valence electrons. The monoisotopic (exact) mass is 528 g/mol. The van der Waals surface area contributed by atoms with Gasteiger partial charge in [-0.2, -0.15) is 0 Å². The van der Waals surface area contributed by atoms with E-state index in [4.69, 9.17) is 0 Å². The number of sulfonamides is 2. The third-order valence-electron chi connectivity index (χ3n) is 4.87. The topological polar surface area (TPSA) is 134 Å². The molecule has 1 amide bonds. The Morgan fingerprint density at radius 3 is 2.14 bits per heavy atom. The first-order chi connectivity index (χ1) is 16.6. The number of hydrogen-bond acceptors (Lipinski definition) is 7. The van der Waals surface area contributed by atoms with Crippen LogP contribution in [-0.4, -0.2) is 27.7 Å². The fraction of sp³-hybridized carbons (Fsp3) is 0.0435. The molecular formula is C23H20N4O5S3.